The van der Waals surface area contributed by atoms with Crippen LogP contribution in [0.4, 0.5) is 5.82 Å². The molecule has 2 aliphatic heterocycles. The van der Waals surface area contributed by atoms with Crippen LogP contribution < -0.4 is 5.73 Å². The average molecular weight is 362 g/mol. The van der Waals surface area contributed by atoms with Gasteiger partial charge in [0.2, 0.25) is 5.79 Å². The molecule has 0 amide bonds. The van der Waals surface area contributed by atoms with Gasteiger partial charge in [-0.1, -0.05) is 0 Å². The largest absolute Gasteiger partial charge is 0.456 e. The highest BCUT2D eigenvalue weighted by Gasteiger charge is 2.89. The predicted molar refractivity (Wildman–Crippen MR) is 84.5 cm³/mol. The SMILES string of the molecule is CC(=O)OC1[C@H]2OC(O)(c3ccc4c(N)ncnn34)[C@@H]3OC(C)(C)O[C@]123. The molecule has 2 saturated heterocycles. The molecule has 2 aromatic heterocycles. The van der Waals surface area contributed by atoms with E-state index in [-0.39, 0.29) is 5.82 Å². The van der Waals surface area contributed by atoms with Crippen LogP contribution in [0, 0.1) is 0 Å². The summed E-state index contributed by atoms with van der Waals surface area (Å²) in [4.78, 5) is 15.3. The zero-order valence-electron chi connectivity index (χ0n) is 14.4. The lowest BCUT2D eigenvalue weighted by atomic mass is 10.0. The van der Waals surface area contributed by atoms with Gasteiger partial charge in [0.25, 0.3) is 0 Å². The average Bonchev–Trinajstić information content (AvgIpc) is 2.91. The Bertz CT molecular complexity index is 944. The molecular weight excluding hydrogens is 344 g/mol. The Balaban J connectivity index is 1.61. The molecule has 1 aliphatic carbocycles. The molecule has 26 heavy (non-hydrogen) atoms. The van der Waals surface area contributed by atoms with E-state index < -0.39 is 41.5 Å². The molecule has 138 valence electrons. The minimum atomic E-state index is -1.84. The lowest BCUT2D eigenvalue weighted by Gasteiger charge is -2.31. The van der Waals surface area contributed by atoms with E-state index in [1.165, 1.54) is 17.8 Å². The van der Waals surface area contributed by atoms with Crippen molar-refractivity contribution in [1.29, 1.82) is 0 Å². The molecule has 10 heteroatoms. The maximum absolute atomic E-state index is 11.4. The summed E-state index contributed by atoms with van der Waals surface area (Å²) in [6.07, 6.45) is -0.905. The highest BCUT2D eigenvalue weighted by molar-refractivity contribution is 5.68. The second-order valence-electron chi connectivity index (χ2n) is 7.28. The quantitative estimate of drug-likeness (QED) is 0.691. The minimum Gasteiger partial charge on any atom is -0.456 e. The normalized spacial score (nSPS) is 39.6. The van der Waals surface area contributed by atoms with Gasteiger partial charge in [0, 0.05) is 6.92 Å². The summed E-state index contributed by atoms with van der Waals surface area (Å²) in [5.74, 6) is -3.00. The van der Waals surface area contributed by atoms with Crippen molar-refractivity contribution in [2.75, 3.05) is 5.73 Å². The zero-order chi connectivity index (χ0) is 18.5. The number of aliphatic hydroxyl groups is 1. The lowest BCUT2D eigenvalue weighted by molar-refractivity contribution is -0.279. The number of nitrogen functional groups attached to an aromatic ring is 1. The number of hydrogen-bond donors (Lipinski definition) is 2. The van der Waals surface area contributed by atoms with Crippen LogP contribution in [0.25, 0.3) is 5.52 Å². The second-order valence-corrected chi connectivity index (χ2v) is 7.28. The van der Waals surface area contributed by atoms with E-state index in [9.17, 15) is 9.90 Å². The van der Waals surface area contributed by atoms with E-state index >= 15 is 0 Å². The second kappa shape index (κ2) is 4.52. The van der Waals surface area contributed by atoms with E-state index in [1.807, 2.05) is 0 Å². The molecule has 0 bridgehead atoms. The molecule has 2 unspecified atom stereocenters. The molecule has 0 aromatic carbocycles. The third-order valence-corrected chi connectivity index (χ3v) is 5.09. The number of carbonyl (C=O) groups excluding carboxylic acids is 1. The van der Waals surface area contributed by atoms with Crippen molar-refractivity contribution in [3.05, 3.63) is 24.2 Å². The number of carbonyl (C=O) groups is 1. The van der Waals surface area contributed by atoms with Gasteiger partial charge < -0.3 is 29.8 Å². The van der Waals surface area contributed by atoms with Crippen LogP contribution in [0.1, 0.15) is 26.5 Å². The first-order chi connectivity index (χ1) is 12.2. The smallest absolute Gasteiger partial charge is 0.303 e. The predicted octanol–water partition coefficient (Wildman–Crippen LogP) is -0.309. The standard InChI is InChI=1S/C16H18N4O6/c1-7(21)23-10-11-15(10)13(25-14(2,3)26-15)16(22,24-11)9-5-4-8-12(17)18-6-19-20(8)9/h4-6,10-11,13,22H,1-3H3,(H2,17,18,19)/t10?,11-,13-,15-,16?/m1/s1. The maximum atomic E-state index is 11.4. The van der Waals surface area contributed by atoms with Gasteiger partial charge in [0.05, 0.1) is 0 Å². The molecular formula is C16H18N4O6. The highest BCUT2D eigenvalue weighted by atomic mass is 16.8. The van der Waals surface area contributed by atoms with Gasteiger partial charge in [-0.2, -0.15) is 5.10 Å². The van der Waals surface area contributed by atoms with Gasteiger partial charge in [-0.25, -0.2) is 9.50 Å². The van der Waals surface area contributed by atoms with Crippen LogP contribution in [0.3, 0.4) is 0 Å². The van der Waals surface area contributed by atoms with Crippen molar-refractivity contribution in [2.24, 2.45) is 0 Å². The molecule has 5 atom stereocenters. The van der Waals surface area contributed by atoms with Crippen molar-refractivity contribution in [3.63, 3.8) is 0 Å². The van der Waals surface area contributed by atoms with Crippen molar-refractivity contribution in [3.8, 4) is 0 Å². The van der Waals surface area contributed by atoms with Gasteiger partial charge in [-0.3, -0.25) is 4.79 Å². The first-order valence-electron chi connectivity index (χ1n) is 8.23. The number of anilines is 1. The topological polar surface area (TPSA) is 130 Å². The minimum absolute atomic E-state index is 0.273. The van der Waals surface area contributed by atoms with Gasteiger partial charge in [-0.05, 0) is 26.0 Å². The Hall–Kier alpha value is -2.27. The molecule has 4 heterocycles. The van der Waals surface area contributed by atoms with E-state index in [0.29, 0.717) is 11.2 Å². The van der Waals surface area contributed by atoms with Gasteiger partial charge in [-0.15, -0.1) is 0 Å². The number of fused-ring (bicyclic) bond motifs is 1. The molecule has 0 radical (unpaired) electrons. The van der Waals surface area contributed by atoms with Gasteiger partial charge in [0.1, 0.15) is 23.6 Å². The number of nitrogens with two attached hydrogens (primary N) is 1. The lowest BCUT2D eigenvalue weighted by Crippen LogP contribution is -2.47. The van der Waals surface area contributed by atoms with Crippen molar-refractivity contribution in [1.82, 2.24) is 14.6 Å². The molecule has 5 rings (SSSR count). The number of hydrogen-bond acceptors (Lipinski definition) is 9. The van der Waals surface area contributed by atoms with Crippen LogP contribution >= 0.6 is 0 Å². The summed E-state index contributed by atoms with van der Waals surface area (Å²) in [7, 11) is 0. The zero-order valence-corrected chi connectivity index (χ0v) is 14.4. The molecule has 3 N–H and O–H groups in total. The van der Waals surface area contributed by atoms with E-state index in [4.69, 9.17) is 24.7 Å². The summed E-state index contributed by atoms with van der Waals surface area (Å²) in [6.45, 7) is 4.78. The maximum Gasteiger partial charge on any atom is 0.303 e. The van der Waals surface area contributed by atoms with Crippen LogP contribution in [-0.2, 0) is 29.5 Å². The third-order valence-electron chi connectivity index (χ3n) is 5.09. The Morgan fingerprint density at radius 1 is 1.38 bits per heavy atom. The number of esters is 1. The van der Waals surface area contributed by atoms with Crippen molar-refractivity contribution in [2.45, 2.75) is 56.3 Å². The Kier molecular flexibility index (Phi) is 2.77. The number of aromatic nitrogens is 3. The fourth-order valence-electron chi connectivity index (χ4n) is 4.16. The molecule has 2 aromatic rings. The molecule has 10 nitrogen and oxygen atoms in total. The number of rotatable bonds is 2. The van der Waals surface area contributed by atoms with E-state index in [0.717, 1.165) is 0 Å². The Morgan fingerprint density at radius 3 is 2.88 bits per heavy atom. The Morgan fingerprint density at radius 2 is 2.15 bits per heavy atom. The Labute approximate surface area is 147 Å². The van der Waals surface area contributed by atoms with E-state index in [1.54, 1.807) is 26.0 Å². The molecule has 1 spiro atoms. The van der Waals surface area contributed by atoms with Crippen LogP contribution in [0.15, 0.2) is 18.5 Å². The van der Waals surface area contributed by atoms with Crippen molar-refractivity contribution >= 4 is 17.3 Å². The summed E-state index contributed by atoms with van der Waals surface area (Å²) >= 11 is 0. The molecule has 3 fully saturated rings. The highest BCUT2D eigenvalue weighted by Crippen LogP contribution is 2.66. The fourth-order valence-corrected chi connectivity index (χ4v) is 4.16. The van der Waals surface area contributed by atoms with Gasteiger partial charge >= 0.3 is 5.97 Å². The summed E-state index contributed by atoms with van der Waals surface area (Å²) in [6, 6.07) is 3.33. The summed E-state index contributed by atoms with van der Waals surface area (Å²) in [5.41, 5.74) is 5.67. The van der Waals surface area contributed by atoms with Crippen LogP contribution in [0.5, 0.6) is 0 Å². The van der Waals surface area contributed by atoms with Crippen LogP contribution in [0.2, 0.25) is 0 Å². The fraction of sp³-hybridized carbons (Fsp3) is 0.562. The van der Waals surface area contributed by atoms with Crippen molar-refractivity contribution < 1.29 is 28.8 Å². The molecule has 1 saturated carbocycles. The third kappa shape index (κ3) is 1.77. The first-order valence-corrected chi connectivity index (χ1v) is 8.23. The summed E-state index contributed by atoms with van der Waals surface area (Å²) < 4.78 is 24.6. The monoisotopic (exact) mass is 362 g/mol. The molecule has 3 aliphatic rings. The van der Waals surface area contributed by atoms with Gasteiger partial charge in [0.15, 0.2) is 29.4 Å². The first kappa shape index (κ1) is 15.9. The number of ether oxygens (including phenoxy) is 4. The van der Waals surface area contributed by atoms with E-state index in [2.05, 4.69) is 10.1 Å². The van der Waals surface area contributed by atoms with Crippen LogP contribution in [-0.4, -0.2) is 55.4 Å². The number of nitrogens with zero attached hydrogens (tertiary/aromatic N) is 3. The summed E-state index contributed by atoms with van der Waals surface area (Å²) in [5, 5.41) is 15.6.